The molecule has 1 N–H and O–H groups in total. The van der Waals surface area contributed by atoms with Crippen LogP contribution in [0.5, 0.6) is 0 Å². The van der Waals surface area contributed by atoms with Crippen molar-refractivity contribution < 1.29 is 4.39 Å². The van der Waals surface area contributed by atoms with Crippen LogP contribution in [-0.2, 0) is 0 Å². The van der Waals surface area contributed by atoms with Gasteiger partial charge < -0.3 is 5.32 Å². The van der Waals surface area contributed by atoms with Crippen LogP contribution < -0.4 is 5.32 Å². The van der Waals surface area contributed by atoms with Crippen molar-refractivity contribution in [2.24, 2.45) is 5.92 Å². The lowest BCUT2D eigenvalue weighted by Crippen LogP contribution is -2.45. The average molecular weight is 337 g/mol. The lowest BCUT2D eigenvalue weighted by Gasteiger charge is -2.36. The topological polar surface area (TPSA) is 15.3 Å². The maximum atomic E-state index is 14.2. The zero-order chi connectivity index (χ0) is 13.8. The molecule has 0 aromatic heterocycles. The first kappa shape index (κ1) is 20.6. The highest BCUT2D eigenvalue weighted by Gasteiger charge is 2.25. The molecule has 2 nitrogen and oxygen atoms in total. The molecule has 21 heavy (non-hydrogen) atoms. The van der Waals surface area contributed by atoms with Gasteiger partial charge in [0.2, 0.25) is 0 Å². The molecule has 1 heterocycles. The summed E-state index contributed by atoms with van der Waals surface area (Å²) < 4.78 is 14.2. The van der Waals surface area contributed by atoms with Crippen molar-refractivity contribution in [3.8, 4) is 0 Å². The van der Waals surface area contributed by atoms with Crippen molar-refractivity contribution in [1.29, 1.82) is 0 Å². The number of hydrogen-bond acceptors (Lipinski definition) is 2. The molecule has 1 fully saturated rings. The van der Waals surface area contributed by atoms with Crippen LogP contribution in [0.25, 0.3) is 0 Å². The molecule has 5 heteroatoms. The van der Waals surface area contributed by atoms with Crippen molar-refractivity contribution in [3.05, 3.63) is 35.1 Å². The second kappa shape index (κ2) is 9.62. The van der Waals surface area contributed by atoms with Gasteiger partial charge in [0.1, 0.15) is 5.82 Å². The number of aryl methyl sites for hydroxylation is 1. The van der Waals surface area contributed by atoms with Crippen LogP contribution in [-0.4, -0.2) is 31.1 Å². The van der Waals surface area contributed by atoms with Crippen LogP contribution >= 0.6 is 24.8 Å². The van der Waals surface area contributed by atoms with Gasteiger partial charge in [0.25, 0.3) is 0 Å². The van der Waals surface area contributed by atoms with Gasteiger partial charge in [0.05, 0.1) is 0 Å². The molecule has 1 saturated heterocycles. The fraction of sp³-hybridized carbons (Fsp3) is 0.625. The Labute approximate surface area is 140 Å². The standard InChI is InChI=1S/C16H25FN2.2ClH/c1-12(2)10-16(19-8-6-18-7-9-19)14-11-13(3)4-5-15(14)17;;/h4-5,11-12,16,18H,6-10H2,1-3H3;2*1H/t16-;;/m1../s1. The fourth-order valence-electron chi connectivity index (χ4n) is 2.83. The molecule has 1 aliphatic rings. The monoisotopic (exact) mass is 336 g/mol. The number of benzene rings is 1. The molecule has 1 aromatic carbocycles. The van der Waals surface area contributed by atoms with E-state index in [-0.39, 0.29) is 36.7 Å². The van der Waals surface area contributed by atoms with Gasteiger partial charge in [0.15, 0.2) is 0 Å². The summed E-state index contributed by atoms with van der Waals surface area (Å²) in [7, 11) is 0. The van der Waals surface area contributed by atoms with E-state index in [1.54, 1.807) is 6.07 Å². The third-order valence-electron chi connectivity index (χ3n) is 3.80. The third kappa shape index (κ3) is 5.74. The largest absolute Gasteiger partial charge is 0.314 e. The van der Waals surface area contributed by atoms with E-state index in [4.69, 9.17) is 0 Å². The van der Waals surface area contributed by atoms with E-state index in [1.165, 1.54) is 0 Å². The zero-order valence-corrected chi connectivity index (χ0v) is 14.7. The summed E-state index contributed by atoms with van der Waals surface area (Å²) >= 11 is 0. The Bertz CT molecular complexity index is 421. The Kier molecular flexibility index (Phi) is 9.46. The maximum Gasteiger partial charge on any atom is 0.128 e. The molecule has 1 atom stereocenters. The number of nitrogens with zero attached hydrogens (tertiary/aromatic N) is 1. The zero-order valence-electron chi connectivity index (χ0n) is 13.1. The molecule has 0 radical (unpaired) electrons. The van der Waals surface area contributed by atoms with E-state index >= 15 is 0 Å². The molecule has 0 spiro atoms. The Morgan fingerprint density at radius 1 is 1.19 bits per heavy atom. The highest BCUT2D eigenvalue weighted by molar-refractivity contribution is 5.85. The number of halogens is 3. The molecule has 2 rings (SSSR count). The molecule has 0 saturated carbocycles. The van der Waals surface area contributed by atoms with Crippen LogP contribution in [0.3, 0.4) is 0 Å². The van der Waals surface area contributed by atoms with Crippen LogP contribution in [0.2, 0.25) is 0 Å². The molecule has 1 aromatic rings. The Balaban J connectivity index is 0.00000200. The molecule has 0 bridgehead atoms. The SMILES string of the molecule is Cc1ccc(F)c([C@@H](CC(C)C)N2CCNCC2)c1.Cl.Cl. The first-order valence-electron chi connectivity index (χ1n) is 7.28. The third-order valence-corrected chi connectivity index (χ3v) is 3.80. The van der Waals surface area contributed by atoms with E-state index in [1.807, 2.05) is 19.1 Å². The predicted molar refractivity (Wildman–Crippen MR) is 92.3 cm³/mol. The van der Waals surface area contributed by atoms with E-state index in [0.717, 1.165) is 43.7 Å². The van der Waals surface area contributed by atoms with Gasteiger partial charge in [-0.15, -0.1) is 24.8 Å². The Hall–Kier alpha value is -0.350. The first-order chi connectivity index (χ1) is 9.08. The summed E-state index contributed by atoms with van der Waals surface area (Å²) in [5.74, 6) is 0.509. The number of rotatable bonds is 4. The average Bonchev–Trinajstić information content (AvgIpc) is 2.40. The van der Waals surface area contributed by atoms with Crippen molar-refractivity contribution in [1.82, 2.24) is 10.2 Å². The van der Waals surface area contributed by atoms with Crippen LogP contribution in [0.15, 0.2) is 18.2 Å². The highest BCUT2D eigenvalue weighted by Crippen LogP contribution is 2.30. The molecule has 0 amide bonds. The molecular weight excluding hydrogens is 310 g/mol. The second-order valence-electron chi connectivity index (χ2n) is 5.96. The number of hydrogen-bond donors (Lipinski definition) is 1. The molecule has 0 aliphatic carbocycles. The van der Waals surface area contributed by atoms with Crippen molar-refractivity contribution >= 4 is 24.8 Å². The first-order valence-corrected chi connectivity index (χ1v) is 7.28. The lowest BCUT2D eigenvalue weighted by molar-refractivity contribution is 0.151. The second-order valence-corrected chi connectivity index (χ2v) is 5.96. The van der Waals surface area contributed by atoms with Gasteiger partial charge in [-0.2, -0.15) is 0 Å². The smallest absolute Gasteiger partial charge is 0.128 e. The van der Waals surface area contributed by atoms with Crippen LogP contribution in [0.4, 0.5) is 4.39 Å². The summed E-state index contributed by atoms with van der Waals surface area (Å²) in [6.45, 7) is 10.5. The maximum absolute atomic E-state index is 14.2. The van der Waals surface area contributed by atoms with E-state index in [0.29, 0.717) is 5.92 Å². The summed E-state index contributed by atoms with van der Waals surface area (Å²) in [5, 5.41) is 3.36. The molecule has 1 aliphatic heterocycles. The minimum absolute atomic E-state index is 0. The fourth-order valence-corrected chi connectivity index (χ4v) is 2.83. The van der Waals surface area contributed by atoms with Crippen molar-refractivity contribution in [2.45, 2.75) is 33.2 Å². The van der Waals surface area contributed by atoms with Crippen molar-refractivity contribution in [2.75, 3.05) is 26.2 Å². The number of nitrogens with one attached hydrogen (secondary N) is 1. The molecule has 122 valence electrons. The van der Waals surface area contributed by atoms with E-state index in [2.05, 4.69) is 24.1 Å². The lowest BCUT2D eigenvalue weighted by atomic mass is 9.93. The quantitative estimate of drug-likeness (QED) is 0.894. The Morgan fingerprint density at radius 2 is 1.81 bits per heavy atom. The van der Waals surface area contributed by atoms with Crippen LogP contribution in [0.1, 0.15) is 37.4 Å². The normalized spacial score (nSPS) is 17.0. The summed E-state index contributed by atoms with van der Waals surface area (Å²) in [6.07, 6.45) is 1.01. The predicted octanol–water partition coefficient (Wildman–Crippen LogP) is 3.97. The summed E-state index contributed by atoms with van der Waals surface area (Å²) in [5.41, 5.74) is 2.01. The van der Waals surface area contributed by atoms with Gasteiger partial charge in [0, 0.05) is 37.8 Å². The van der Waals surface area contributed by atoms with Gasteiger partial charge in [-0.25, -0.2) is 4.39 Å². The van der Waals surface area contributed by atoms with E-state index in [9.17, 15) is 4.39 Å². The van der Waals surface area contributed by atoms with Crippen LogP contribution in [0, 0.1) is 18.7 Å². The van der Waals surface area contributed by atoms with Gasteiger partial charge in [-0.1, -0.05) is 31.5 Å². The van der Waals surface area contributed by atoms with Gasteiger partial charge in [-0.05, 0) is 25.3 Å². The van der Waals surface area contributed by atoms with Gasteiger partial charge >= 0.3 is 0 Å². The number of piperazine rings is 1. The van der Waals surface area contributed by atoms with E-state index < -0.39 is 0 Å². The Morgan fingerprint density at radius 3 is 2.38 bits per heavy atom. The van der Waals surface area contributed by atoms with Crippen molar-refractivity contribution in [3.63, 3.8) is 0 Å². The molecular formula is C16H27Cl2FN2. The minimum atomic E-state index is -0.0604. The highest BCUT2D eigenvalue weighted by atomic mass is 35.5. The molecule has 0 unspecified atom stereocenters. The minimum Gasteiger partial charge on any atom is -0.314 e. The summed E-state index contributed by atoms with van der Waals surface area (Å²) in [4.78, 5) is 2.42. The summed E-state index contributed by atoms with van der Waals surface area (Å²) in [6, 6.07) is 5.69. The van der Waals surface area contributed by atoms with Gasteiger partial charge in [-0.3, -0.25) is 4.90 Å².